The SMILES string of the molecule is CCCNC(CC(C)C)C(C)OCC. The molecule has 0 radical (unpaired) electrons. The summed E-state index contributed by atoms with van der Waals surface area (Å²) in [6.45, 7) is 12.9. The van der Waals surface area contributed by atoms with Gasteiger partial charge in [0.15, 0.2) is 0 Å². The third kappa shape index (κ3) is 6.39. The molecule has 0 aliphatic carbocycles. The van der Waals surface area contributed by atoms with Gasteiger partial charge in [-0.25, -0.2) is 0 Å². The van der Waals surface area contributed by atoms with Gasteiger partial charge in [0.25, 0.3) is 0 Å². The molecule has 0 bridgehead atoms. The van der Waals surface area contributed by atoms with Crippen LogP contribution in [0.2, 0.25) is 0 Å². The first-order chi connectivity index (χ1) is 6.61. The van der Waals surface area contributed by atoms with Crippen molar-refractivity contribution in [2.24, 2.45) is 5.92 Å². The van der Waals surface area contributed by atoms with E-state index in [4.69, 9.17) is 4.74 Å². The minimum absolute atomic E-state index is 0.328. The van der Waals surface area contributed by atoms with E-state index in [2.05, 4.69) is 39.9 Å². The molecule has 0 aliphatic rings. The van der Waals surface area contributed by atoms with Gasteiger partial charge in [-0.15, -0.1) is 0 Å². The largest absolute Gasteiger partial charge is 0.377 e. The van der Waals surface area contributed by atoms with Gasteiger partial charge in [-0.2, -0.15) is 0 Å². The summed E-state index contributed by atoms with van der Waals surface area (Å²) in [5, 5.41) is 3.56. The first kappa shape index (κ1) is 13.9. The highest BCUT2D eigenvalue weighted by Crippen LogP contribution is 2.10. The lowest BCUT2D eigenvalue weighted by atomic mass is 10.00. The van der Waals surface area contributed by atoms with Gasteiger partial charge >= 0.3 is 0 Å². The average molecular weight is 201 g/mol. The Bertz CT molecular complexity index is 125. The van der Waals surface area contributed by atoms with Crippen molar-refractivity contribution in [3.63, 3.8) is 0 Å². The van der Waals surface area contributed by atoms with Crippen molar-refractivity contribution in [2.75, 3.05) is 13.2 Å². The minimum atomic E-state index is 0.328. The number of nitrogens with one attached hydrogen (secondary N) is 1. The molecule has 0 aromatic heterocycles. The topological polar surface area (TPSA) is 21.3 Å². The summed E-state index contributed by atoms with van der Waals surface area (Å²) in [5.74, 6) is 0.729. The third-order valence-corrected chi connectivity index (χ3v) is 2.38. The maximum absolute atomic E-state index is 5.64. The fourth-order valence-electron chi connectivity index (χ4n) is 1.66. The second-order valence-electron chi connectivity index (χ2n) is 4.35. The normalized spacial score (nSPS) is 15.9. The molecule has 86 valence electrons. The van der Waals surface area contributed by atoms with Crippen molar-refractivity contribution in [2.45, 2.75) is 59.6 Å². The van der Waals surface area contributed by atoms with Gasteiger partial charge in [-0.1, -0.05) is 20.8 Å². The van der Waals surface area contributed by atoms with Crippen LogP contribution in [0, 0.1) is 5.92 Å². The van der Waals surface area contributed by atoms with E-state index >= 15 is 0 Å². The molecular weight excluding hydrogens is 174 g/mol. The summed E-state index contributed by atoms with van der Waals surface area (Å²) in [4.78, 5) is 0. The Labute approximate surface area is 89.4 Å². The van der Waals surface area contributed by atoms with Gasteiger partial charge < -0.3 is 10.1 Å². The van der Waals surface area contributed by atoms with Gasteiger partial charge in [0, 0.05) is 12.6 Å². The molecule has 1 N–H and O–H groups in total. The number of rotatable bonds is 8. The van der Waals surface area contributed by atoms with Gasteiger partial charge in [0.2, 0.25) is 0 Å². The van der Waals surface area contributed by atoms with Crippen LogP contribution in [-0.4, -0.2) is 25.3 Å². The van der Waals surface area contributed by atoms with Crippen molar-refractivity contribution in [3.8, 4) is 0 Å². The number of hydrogen-bond acceptors (Lipinski definition) is 2. The van der Waals surface area contributed by atoms with Crippen LogP contribution < -0.4 is 5.32 Å². The quantitative estimate of drug-likeness (QED) is 0.652. The molecule has 2 unspecified atom stereocenters. The first-order valence-corrected chi connectivity index (χ1v) is 5.96. The predicted molar refractivity (Wildman–Crippen MR) is 62.6 cm³/mol. The lowest BCUT2D eigenvalue weighted by Crippen LogP contribution is -2.41. The summed E-state index contributed by atoms with van der Waals surface area (Å²) in [7, 11) is 0. The monoisotopic (exact) mass is 201 g/mol. The molecule has 14 heavy (non-hydrogen) atoms. The van der Waals surface area contributed by atoms with E-state index in [1.54, 1.807) is 0 Å². The molecule has 0 heterocycles. The highest BCUT2D eigenvalue weighted by Gasteiger charge is 2.17. The van der Waals surface area contributed by atoms with Crippen LogP contribution in [0.4, 0.5) is 0 Å². The predicted octanol–water partition coefficient (Wildman–Crippen LogP) is 2.83. The van der Waals surface area contributed by atoms with Crippen molar-refractivity contribution < 1.29 is 4.74 Å². The minimum Gasteiger partial charge on any atom is -0.377 e. The standard InChI is InChI=1S/C12H27NO/c1-6-8-13-12(9-10(3)4)11(5)14-7-2/h10-13H,6-9H2,1-5H3. The van der Waals surface area contributed by atoms with Gasteiger partial charge in [-0.3, -0.25) is 0 Å². The third-order valence-electron chi connectivity index (χ3n) is 2.38. The van der Waals surface area contributed by atoms with Crippen LogP contribution in [0.1, 0.15) is 47.5 Å². The molecule has 0 rings (SSSR count). The van der Waals surface area contributed by atoms with Crippen LogP contribution >= 0.6 is 0 Å². The summed E-state index contributed by atoms with van der Waals surface area (Å²) >= 11 is 0. The first-order valence-electron chi connectivity index (χ1n) is 5.96. The molecule has 0 aromatic rings. The molecule has 2 nitrogen and oxygen atoms in total. The molecule has 0 saturated carbocycles. The van der Waals surface area contributed by atoms with Crippen molar-refractivity contribution in [3.05, 3.63) is 0 Å². The average Bonchev–Trinajstić information content (AvgIpc) is 2.12. The maximum Gasteiger partial charge on any atom is 0.0699 e. The molecule has 0 fully saturated rings. The van der Waals surface area contributed by atoms with Crippen molar-refractivity contribution in [1.82, 2.24) is 5.32 Å². The zero-order valence-corrected chi connectivity index (χ0v) is 10.5. The maximum atomic E-state index is 5.64. The van der Waals surface area contributed by atoms with E-state index < -0.39 is 0 Å². The van der Waals surface area contributed by atoms with E-state index in [9.17, 15) is 0 Å². The summed E-state index contributed by atoms with van der Waals surface area (Å²) in [6, 6.07) is 0.509. The van der Waals surface area contributed by atoms with Gasteiger partial charge in [0.1, 0.15) is 0 Å². The molecule has 0 aliphatic heterocycles. The zero-order valence-electron chi connectivity index (χ0n) is 10.5. The lowest BCUT2D eigenvalue weighted by Gasteiger charge is -2.26. The second-order valence-corrected chi connectivity index (χ2v) is 4.35. The van der Waals surface area contributed by atoms with Crippen LogP contribution in [0.25, 0.3) is 0 Å². The van der Waals surface area contributed by atoms with E-state index in [1.807, 2.05) is 0 Å². The summed E-state index contributed by atoms with van der Waals surface area (Å²) in [5.41, 5.74) is 0. The van der Waals surface area contributed by atoms with Crippen molar-refractivity contribution >= 4 is 0 Å². The van der Waals surface area contributed by atoms with Crippen LogP contribution in [-0.2, 0) is 4.74 Å². The summed E-state index contributed by atoms with van der Waals surface area (Å²) < 4.78 is 5.64. The van der Waals surface area contributed by atoms with Crippen LogP contribution in [0.3, 0.4) is 0 Å². The molecule has 2 heteroatoms. The molecule has 0 amide bonds. The Morgan fingerprint density at radius 1 is 1.14 bits per heavy atom. The van der Waals surface area contributed by atoms with Gasteiger partial charge in [0.05, 0.1) is 6.10 Å². The number of hydrogen-bond donors (Lipinski definition) is 1. The smallest absolute Gasteiger partial charge is 0.0699 e. The Morgan fingerprint density at radius 2 is 1.79 bits per heavy atom. The van der Waals surface area contributed by atoms with E-state index in [1.165, 1.54) is 12.8 Å². The molecule has 0 saturated heterocycles. The number of ether oxygens (including phenoxy) is 1. The lowest BCUT2D eigenvalue weighted by molar-refractivity contribution is 0.0419. The molecule has 0 spiro atoms. The Balaban J connectivity index is 3.94. The van der Waals surface area contributed by atoms with Crippen LogP contribution in [0.15, 0.2) is 0 Å². The van der Waals surface area contributed by atoms with E-state index in [0.717, 1.165) is 19.1 Å². The Kier molecular flexibility index (Phi) is 8.20. The highest BCUT2D eigenvalue weighted by atomic mass is 16.5. The fourth-order valence-corrected chi connectivity index (χ4v) is 1.66. The van der Waals surface area contributed by atoms with E-state index in [0.29, 0.717) is 12.1 Å². The molecule has 2 atom stereocenters. The Morgan fingerprint density at radius 3 is 2.21 bits per heavy atom. The Hall–Kier alpha value is -0.0800. The molecular formula is C12H27NO. The fraction of sp³-hybridized carbons (Fsp3) is 1.00. The second kappa shape index (κ2) is 8.25. The summed E-state index contributed by atoms with van der Waals surface area (Å²) in [6.07, 6.45) is 2.71. The highest BCUT2D eigenvalue weighted by molar-refractivity contribution is 4.74. The van der Waals surface area contributed by atoms with Crippen LogP contribution in [0.5, 0.6) is 0 Å². The van der Waals surface area contributed by atoms with Crippen molar-refractivity contribution in [1.29, 1.82) is 0 Å². The zero-order chi connectivity index (χ0) is 11.0. The van der Waals surface area contributed by atoms with Gasteiger partial charge in [-0.05, 0) is 39.2 Å². The molecule has 0 aromatic carbocycles. The van der Waals surface area contributed by atoms with E-state index in [-0.39, 0.29) is 0 Å².